The lowest BCUT2D eigenvalue weighted by Gasteiger charge is -2.35. The van der Waals surface area contributed by atoms with E-state index in [9.17, 15) is 9.18 Å². The quantitative estimate of drug-likeness (QED) is 0.876. The van der Waals surface area contributed by atoms with Crippen LogP contribution in [0.3, 0.4) is 0 Å². The summed E-state index contributed by atoms with van der Waals surface area (Å²) in [5, 5.41) is 3.02. The van der Waals surface area contributed by atoms with E-state index < -0.39 is 0 Å². The van der Waals surface area contributed by atoms with Crippen LogP contribution in [0.5, 0.6) is 0 Å². The smallest absolute Gasteiger partial charge is 0.317 e. The molecule has 2 atom stereocenters. The van der Waals surface area contributed by atoms with Crippen molar-refractivity contribution in [2.45, 2.75) is 25.0 Å². The van der Waals surface area contributed by atoms with E-state index in [1.807, 2.05) is 19.2 Å². The molecule has 102 valence electrons. The van der Waals surface area contributed by atoms with Gasteiger partial charge in [-0.1, -0.05) is 12.1 Å². The van der Waals surface area contributed by atoms with Crippen molar-refractivity contribution in [1.29, 1.82) is 0 Å². The fraction of sp³-hybridized carbons (Fsp3) is 0.500. The van der Waals surface area contributed by atoms with Crippen molar-refractivity contribution in [2.24, 2.45) is 0 Å². The average Bonchev–Trinajstić information content (AvgIpc) is 2.68. The third-order valence-electron chi connectivity index (χ3n) is 4.11. The molecule has 0 bridgehead atoms. The Morgan fingerprint density at radius 1 is 1.37 bits per heavy atom. The maximum absolute atomic E-state index is 12.9. The molecule has 19 heavy (non-hydrogen) atoms. The zero-order valence-electron chi connectivity index (χ0n) is 11.0. The molecule has 0 aromatic heterocycles. The average molecular weight is 263 g/mol. The van der Waals surface area contributed by atoms with Gasteiger partial charge < -0.3 is 10.2 Å². The molecule has 0 radical (unpaired) electrons. The van der Waals surface area contributed by atoms with E-state index in [-0.39, 0.29) is 17.9 Å². The van der Waals surface area contributed by atoms with E-state index in [0.717, 1.165) is 31.6 Å². The normalized spacial score (nSPS) is 27.3. The largest absolute Gasteiger partial charge is 0.332 e. The number of carbonyl (C=O) groups is 1. The molecule has 1 aromatic rings. The molecule has 0 unspecified atom stereocenters. The first kappa shape index (κ1) is 12.4. The van der Waals surface area contributed by atoms with Crippen molar-refractivity contribution < 1.29 is 9.18 Å². The van der Waals surface area contributed by atoms with E-state index in [1.54, 1.807) is 4.90 Å². The number of amides is 2. The number of urea groups is 1. The van der Waals surface area contributed by atoms with Crippen LogP contribution in [0.25, 0.3) is 0 Å². The summed E-state index contributed by atoms with van der Waals surface area (Å²) >= 11 is 0. The molecule has 2 amide bonds. The Hall–Kier alpha value is -1.62. The van der Waals surface area contributed by atoms with Crippen molar-refractivity contribution in [3.8, 4) is 0 Å². The molecule has 5 heteroatoms. The van der Waals surface area contributed by atoms with Gasteiger partial charge in [-0.2, -0.15) is 0 Å². The number of piperidine rings is 1. The molecule has 4 nitrogen and oxygen atoms in total. The Kier molecular flexibility index (Phi) is 3.14. The monoisotopic (exact) mass is 263 g/mol. The topological polar surface area (TPSA) is 35.6 Å². The fourth-order valence-corrected chi connectivity index (χ4v) is 3.02. The Morgan fingerprint density at radius 2 is 2.11 bits per heavy atom. The molecule has 0 aliphatic carbocycles. The number of likely N-dealkylation sites (tertiary alicyclic amines) is 1. The molecule has 0 spiro atoms. The van der Waals surface area contributed by atoms with Gasteiger partial charge in [-0.15, -0.1) is 0 Å². The molecule has 2 aliphatic heterocycles. The summed E-state index contributed by atoms with van der Waals surface area (Å²) in [5.74, 6) is -0.202. The molecule has 2 aliphatic rings. The minimum absolute atomic E-state index is 0.0265. The highest BCUT2D eigenvalue weighted by atomic mass is 19.1. The number of benzene rings is 1. The van der Waals surface area contributed by atoms with Crippen LogP contribution >= 0.6 is 0 Å². The second kappa shape index (κ2) is 4.81. The summed E-state index contributed by atoms with van der Waals surface area (Å²) in [5.41, 5.74) is 1.11. The van der Waals surface area contributed by atoms with Gasteiger partial charge >= 0.3 is 6.03 Å². The minimum atomic E-state index is -0.202. The highest BCUT2D eigenvalue weighted by molar-refractivity contribution is 5.77. The molecule has 1 N–H and O–H groups in total. The Balaban J connectivity index is 1.63. The van der Waals surface area contributed by atoms with Crippen molar-refractivity contribution in [2.75, 3.05) is 20.1 Å². The second-order valence-corrected chi connectivity index (χ2v) is 5.38. The van der Waals surface area contributed by atoms with Gasteiger partial charge in [0.2, 0.25) is 0 Å². The van der Waals surface area contributed by atoms with Crippen molar-refractivity contribution >= 4 is 6.03 Å². The van der Waals surface area contributed by atoms with Gasteiger partial charge in [-0.25, -0.2) is 9.18 Å². The highest BCUT2D eigenvalue weighted by Gasteiger charge is 2.40. The summed E-state index contributed by atoms with van der Waals surface area (Å²) < 4.78 is 12.9. The molecular weight excluding hydrogens is 245 g/mol. The van der Waals surface area contributed by atoms with Crippen LogP contribution in [0.15, 0.2) is 24.3 Å². The van der Waals surface area contributed by atoms with Crippen molar-refractivity contribution in [1.82, 2.24) is 15.1 Å². The number of halogens is 1. The molecule has 3 rings (SSSR count). The first-order valence-electron chi connectivity index (χ1n) is 6.63. The van der Waals surface area contributed by atoms with E-state index in [1.165, 1.54) is 12.1 Å². The molecule has 2 fully saturated rings. The SMILES string of the molecule is CN1C(=O)N[C@@H]2CN(Cc3ccc(F)cc3)CC[C@@H]21. The lowest BCUT2D eigenvalue weighted by Crippen LogP contribution is -2.50. The first-order chi connectivity index (χ1) is 9.13. The van der Waals surface area contributed by atoms with Crippen LogP contribution in [0.4, 0.5) is 9.18 Å². The Labute approximate surface area is 112 Å². The minimum Gasteiger partial charge on any atom is -0.332 e. The van der Waals surface area contributed by atoms with Gasteiger partial charge in [0.25, 0.3) is 0 Å². The van der Waals surface area contributed by atoms with Crippen molar-refractivity contribution in [3.63, 3.8) is 0 Å². The van der Waals surface area contributed by atoms with Gasteiger partial charge in [0.15, 0.2) is 0 Å². The number of nitrogens with zero attached hydrogens (tertiary/aromatic N) is 2. The van der Waals surface area contributed by atoms with Gasteiger partial charge in [0.1, 0.15) is 5.82 Å². The predicted molar refractivity (Wildman–Crippen MR) is 70.2 cm³/mol. The third-order valence-corrected chi connectivity index (χ3v) is 4.11. The molecule has 1 aromatic carbocycles. The molecule has 2 heterocycles. The lowest BCUT2D eigenvalue weighted by molar-refractivity contribution is 0.147. The number of nitrogens with one attached hydrogen (secondary N) is 1. The van der Waals surface area contributed by atoms with Gasteiger partial charge in [-0.3, -0.25) is 4.90 Å². The summed E-state index contributed by atoms with van der Waals surface area (Å²) in [6.45, 7) is 2.64. The molecule has 0 saturated carbocycles. The van der Waals surface area contributed by atoms with E-state index in [2.05, 4.69) is 10.2 Å². The molecular formula is C14H18FN3O. The first-order valence-corrected chi connectivity index (χ1v) is 6.63. The number of carbonyl (C=O) groups excluding carboxylic acids is 1. The lowest BCUT2D eigenvalue weighted by atomic mass is 10.00. The number of likely N-dealkylation sites (N-methyl/N-ethyl adjacent to an activating group) is 1. The van der Waals surface area contributed by atoms with E-state index in [0.29, 0.717) is 6.04 Å². The zero-order valence-corrected chi connectivity index (χ0v) is 11.0. The van der Waals surface area contributed by atoms with Gasteiger partial charge in [-0.05, 0) is 24.1 Å². The Morgan fingerprint density at radius 3 is 2.84 bits per heavy atom. The summed E-state index contributed by atoms with van der Waals surface area (Å²) in [7, 11) is 1.86. The number of hydrogen-bond acceptors (Lipinski definition) is 2. The second-order valence-electron chi connectivity index (χ2n) is 5.38. The van der Waals surface area contributed by atoms with Crippen LogP contribution < -0.4 is 5.32 Å². The standard InChI is InChI=1S/C14H18FN3O/c1-17-13-6-7-18(9-12(13)16-14(17)19)8-10-2-4-11(15)5-3-10/h2-5,12-13H,6-9H2,1H3,(H,16,19)/t12-,13+/m1/s1. The van der Waals surface area contributed by atoms with Gasteiger partial charge in [0, 0.05) is 26.7 Å². The maximum atomic E-state index is 12.9. The summed E-state index contributed by atoms with van der Waals surface area (Å²) in [6.07, 6.45) is 0.987. The van der Waals surface area contributed by atoms with E-state index >= 15 is 0 Å². The number of rotatable bonds is 2. The Bertz CT molecular complexity index is 476. The van der Waals surface area contributed by atoms with Crippen LogP contribution in [-0.2, 0) is 6.54 Å². The van der Waals surface area contributed by atoms with Crippen molar-refractivity contribution in [3.05, 3.63) is 35.6 Å². The zero-order chi connectivity index (χ0) is 13.4. The highest BCUT2D eigenvalue weighted by Crippen LogP contribution is 2.22. The third kappa shape index (κ3) is 2.42. The number of fused-ring (bicyclic) bond motifs is 1. The summed E-state index contributed by atoms with van der Waals surface area (Å²) in [6, 6.07) is 7.18. The predicted octanol–water partition coefficient (Wildman–Crippen LogP) is 1.42. The fourth-order valence-electron chi connectivity index (χ4n) is 3.02. The van der Waals surface area contributed by atoms with Gasteiger partial charge in [0.05, 0.1) is 12.1 Å². The molecule has 2 saturated heterocycles. The van der Waals surface area contributed by atoms with Crippen LogP contribution in [0.1, 0.15) is 12.0 Å². The maximum Gasteiger partial charge on any atom is 0.317 e. The van der Waals surface area contributed by atoms with Crippen LogP contribution in [-0.4, -0.2) is 48.1 Å². The van der Waals surface area contributed by atoms with E-state index in [4.69, 9.17) is 0 Å². The number of hydrogen-bond donors (Lipinski definition) is 1. The summed E-state index contributed by atoms with van der Waals surface area (Å²) in [4.78, 5) is 15.7. The van der Waals surface area contributed by atoms with Crippen LogP contribution in [0.2, 0.25) is 0 Å². The van der Waals surface area contributed by atoms with Crippen LogP contribution in [0, 0.1) is 5.82 Å².